The van der Waals surface area contributed by atoms with Crippen LogP contribution in [-0.2, 0) is 33.2 Å². The molecule has 0 aliphatic carbocycles. The van der Waals surface area contributed by atoms with Crippen LogP contribution in [0.25, 0.3) is 0 Å². The SMILES string of the molecule is CCCCCCC/C=C\C/C=C\CCCCCCCCCCCC(=O)NC(COC1OC(CO)C(OC2OC(CO)C(OC3OC(CO)C(O)C(O)C3O)C(O)C2O)C(O)C1O)C(O)/C=C/CC/C=C/CCCCCCCCCCCCCCCCCCCCCCC. The fraction of sp³-hybridized carbons (Fsp3) is 0.878. The third-order valence-electron chi connectivity index (χ3n) is 18.6. The summed E-state index contributed by atoms with van der Waals surface area (Å²) in [7, 11) is 0. The molecule has 17 unspecified atom stereocenters. The summed E-state index contributed by atoms with van der Waals surface area (Å²) in [5, 5.41) is 121. The van der Waals surface area contributed by atoms with Crippen molar-refractivity contribution >= 4 is 5.91 Å². The Labute approximate surface area is 561 Å². The van der Waals surface area contributed by atoms with Gasteiger partial charge in [-0.3, -0.25) is 4.79 Å². The zero-order valence-corrected chi connectivity index (χ0v) is 57.7. The van der Waals surface area contributed by atoms with Crippen LogP contribution in [0.5, 0.6) is 0 Å². The van der Waals surface area contributed by atoms with Gasteiger partial charge in [0.2, 0.25) is 5.91 Å². The van der Waals surface area contributed by atoms with Crippen molar-refractivity contribution in [3.05, 3.63) is 48.6 Å². The second-order valence-corrected chi connectivity index (χ2v) is 26.7. The molecule has 0 aromatic carbocycles. The smallest absolute Gasteiger partial charge is 0.220 e. The molecule has 3 aliphatic rings. The zero-order chi connectivity index (χ0) is 67.5. The van der Waals surface area contributed by atoms with Crippen molar-refractivity contribution in [1.82, 2.24) is 5.32 Å². The lowest BCUT2D eigenvalue weighted by molar-refractivity contribution is -0.379. The molecule has 3 heterocycles. The second-order valence-electron chi connectivity index (χ2n) is 26.7. The van der Waals surface area contributed by atoms with Crippen molar-refractivity contribution in [2.24, 2.45) is 0 Å². The lowest BCUT2D eigenvalue weighted by Gasteiger charge is -2.48. The third-order valence-corrected chi connectivity index (χ3v) is 18.6. The van der Waals surface area contributed by atoms with Crippen molar-refractivity contribution in [3.8, 4) is 0 Å². The number of ether oxygens (including phenoxy) is 6. The van der Waals surface area contributed by atoms with Gasteiger partial charge in [-0.25, -0.2) is 0 Å². The maximum atomic E-state index is 13.4. The van der Waals surface area contributed by atoms with Crippen LogP contribution in [0.4, 0.5) is 0 Å². The average Bonchev–Trinajstić information content (AvgIpc) is 1.48. The fourth-order valence-electron chi connectivity index (χ4n) is 12.5. The van der Waals surface area contributed by atoms with Crippen LogP contribution in [0, 0.1) is 0 Å². The molecule has 0 radical (unpaired) electrons. The molecule has 3 saturated heterocycles. The van der Waals surface area contributed by atoms with Gasteiger partial charge in [-0.05, 0) is 64.2 Å². The first kappa shape index (κ1) is 85.0. The van der Waals surface area contributed by atoms with Gasteiger partial charge in [0, 0.05) is 6.42 Å². The quantitative estimate of drug-likeness (QED) is 0.0199. The molecule has 1 amide bonds. The number of aliphatic hydroxyl groups is 11. The van der Waals surface area contributed by atoms with Crippen molar-refractivity contribution < 1.29 is 89.4 Å². The predicted molar refractivity (Wildman–Crippen MR) is 365 cm³/mol. The monoisotopic (exact) mass is 1330 g/mol. The summed E-state index contributed by atoms with van der Waals surface area (Å²) in [6, 6.07) is -0.995. The molecular formula is C74H135NO18. The van der Waals surface area contributed by atoms with Gasteiger partial charge in [-0.1, -0.05) is 262 Å². The molecule has 3 fully saturated rings. The summed E-state index contributed by atoms with van der Waals surface area (Å²) in [4.78, 5) is 13.4. The molecule has 0 aromatic rings. The van der Waals surface area contributed by atoms with Crippen LogP contribution in [-0.4, -0.2) is 193 Å². The number of amides is 1. The van der Waals surface area contributed by atoms with Crippen LogP contribution in [0.3, 0.4) is 0 Å². The van der Waals surface area contributed by atoms with Gasteiger partial charge in [0.15, 0.2) is 18.9 Å². The Hall–Kier alpha value is -2.25. The summed E-state index contributed by atoms with van der Waals surface area (Å²) in [5.74, 6) is -0.288. The summed E-state index contributed by atoms with van der Waals surface area (Å²) in [6.07, 6.45) is 40.9. The van der Waals surface area contributed by atoms with E-state index in [0.29, 0.717) is 12.8 Å². The van der Waals surface area contributed by atoms with E-state index in [1.54, 1.807) is 6.08 Å². The molecule has 0 aromatic heterocycles. The highest BCUT2D eigenvalue weighted by Gasteiger charge is 2.53. The number of allylic oxidation sites excluding steroid dienone is 7. The van der Waals surface area contributed by atoms with E-state index in [1.807, 2.05) is 6.08 Å². The van der Waals surface area contributed by atoms with Gasteiger partial charge in [-0.15, -0.1) is 0 Å². The first-order chi connectivity index (χ1) is 45.3. The highest BCUT2D eigenvalue weighted by atomic mass is 16.8. The largest absolute Gasteiger partial charge is 0.394 e. The maximum Gasteiger partial charge on any atom is 0.220 e. The molecule has 17 atom stereocenters. The van der Waals surface area contributed by atoms with Crippen molar-refractivity contribution in [2.75, 3.05) is 26.4 Å². The van der Waals surface area contributed by atoms with Crippen LogP contribution < -0.4 is 5.32 Å². The van der Waals surface area contributed by atoms with E-state index in [4.69, 9.17) is 28.4 Å². The van der Waals surface area contributed by atoms with E-state index >= 15 is 0 Å². The van der Waals surface area contributed by atoms with Gasteiger partial charge in [-0.2, -0.15) is 0 Å². The number of hydrogen-bond acceptors (Lipinski definition) is 18. The van der Waals surface area contributed by atoms with Gasteiger partial charge >= 0.3 is 0 Å². The Morgan fingerprint density at radius 3 is 1.14 bits per heavy atom. The van der Waals surface area contributed by atoms with E-state index in [0.717, 1.165) is 57.8 Å². The highest BCUT2D eigenvalue weighted by Crippen LogP contribution is 2.33. The number of rotatable bonds is 58. The molecule has 0 saturated carbocycles. The van der Waals surface area contributed by atoms with E-state index in [1.165, 1.54) is 193 Å². The lowest BCUT2D eigenvalue weighted by atomic mass is 9.96. The van der Waals surface area contributed by atoms with E-state index < -0.39 is 124 Å². The molecule has 0 bridgehead atoms. The maximum absolute atomic E-state index is 13.4. The van der Waals surface area contributed by atoms with E-state index in [-0.39, 0.29) is 18.9 Å². The topological polar surface area (TPSA) is 307 Å². The molecule has 3 rings (SSSR count). The molecule has 12 N–H and O–H groups in total. The number of carbonyl (C=O) groups excluding carboxylic acids is 1. The van der Waals surface area contributed by atoms with Crippen LogP contribution in [0.1, 0.15) is 284 Å². The Morgan fingerprint density at radius 2 is 0.720 bits per heavy atom. The fourth-order valence-corrected chi connectivity index (χ4v) is 12.5. The molecule has 93 heavy (non-hydrogen) atoms. The number of aliphatic hydroxyl groups excluding tert-OH is 11. The highest BCUT2D eigenvalue weighted by molar-refractivity contribution is 5.76. The lowest BCUT2D eigenvalue weighted by Crippen LogP contribution is -2.66. The molecule has 0 spiro atoms. The summed E-state index contributed by atoms with van der Waals surface area (Å²) in [6.45, 7) is 1.73. The molecule has 3 aliphatic heterocycles. The third kappa shape index (κ3) is 37.0. The molecular weight excluding hydrogens is 1190 g/mol. The first-order valence-corrected chi connectivity index (χ1v) is 37.4. The minimum absolute atomic E-state index is 0.230. The number of hydrogen-bond donors (Lipinski definition) is 12. The van der Waals surface area contributed by atoms with Crippen LogP contribution in [0.2, 0.25) is 0 Å². The summed E-state index contributed by atoms with van der Waals surface area (Å²) >= 11 is 0. The summed E-state index contributed by atoms with van der Waals surface area (Å²) < 4.78 is 34.4. The average molecular weight is 1330 g/mol. The van der Waals surface area contributed by atoms with Crippen molar-refractivity contribution in [3.63, 3.8) is 0 Å². The zero-order valence-electron chi connectivity index (χ0n) is 57.7. The van der Waals surface area contributed by atoms with Gasteiger partial charge in [0.1, 0.15) is 73.2 Å². The Morgan fingerprint density at radius 1 is 0.387 bits per heavy atom. The Kier molecular flexibility index (Phi) is 50.8. The van der Waals surface area contributed by atoms with Crippen LogP contribution in [0.15, 0.2) is 48.6 Å². The van der Waals surface area contributed by atoms with Crippen LogP contribution >= 0.6 is 0 Å². The number of carbonyl (C=O) groups is 1. The first-order valence-electron chi connectivity index (χ1n) is 37.4. The Balaban J connectivity index is 1.43. The molecule has 19 nitrogen and oxygen atoms in total. The van der Waals surface area contributed by atoms with E-state index in [2.05, 4.69) is 55.6 Å². The predicted octanol–water partition coefficient (Wildman–Crippen LogP) is 10.9. The van der Waals surface area contributed by atoms with Gasteiger partial charge in [0.25, 0.3) is 0 Å². The molecule has 19 heteroatoms. The normalized spacial score (nSPS) is 27.8. The van der Waals surface area contributed by atoms with Gasteiger partial charge in [0.05, 0.1) is 38.6 Å². The van der Waals surface area contributed by atoms with E-state index in [9.17, 15) is 61.0 Å². The van der Waals surface area contributed by atoms with Gasteiger partial charge < -0.3 is 89.9 Å². The van der Waals surface area contributed by atoms with Crippen molar-refractivity contribution in [1.29, 1.82) is 0 Å². The minimum atomic E-state index is -1.98. The number of unbranched alkanes of at least 4 members (excludes halogenated alkanes) is 36. The number of nitrogens with one attached hydrogen (secondary N) is 1. The van der Waals surface area contributed by atoms with Crippen molar-refractivity contribution in [2.45, 2.75) is 388 Å². The standard InChI is InChI=1S/C74H135NO18/c1-3-5-7-9-11-13-15-17-19-21-23-25-26-27-28-29-30-32-33-35-37-39-41-43-45-47-49-51-58(79)57(75-62(80)52-50-48-46-44-42-40-38-36-34-31-24-22-20-18-16-14-12-10-8-6-4-2)56-88-72-68(86)65(83)70(60(54-77)90-72)93-74-69(87)66(84)71(61(55-78)91-74)92-73-67(85)64(82)63(81)59(53-76)89-73/h16,18,22,24,41,43,49,51,57-61,63-74,76-79,81-87H,3-15,17,19-21,23,25-40,42,44-48,50,52-56H2,1-2H3,(H,75,80)/b18-16-,24-22-,43-41+,51-49+. The second kappa shape index (κ2) is 55.6. The summed E-state index contributed by atoms with van der Waals surface area (Å²) in [5.41, 5.74) is 0. The Bertz CT molecular complexity index is 1870. The minimum Gasteiger partial charge on any atom is -0.394 e. The molecule has 544 valence electrons.